The van der Waals surface area contributed by atoms with Gasteiger partial charge in [0, 0.05) is 5.56 Å². The van der Waals surface area contributed by atoms with Gasteiger partial charge in [-0.1, -0.05) is 41.4 Å². The van der Waals surface area contributed by atoms with Crippen molar-refractivity contribution in [3.8, 4) is 11.4 Å². The van der Waals surface area contributed by atoms with E-state index in [9.17, 15) is 0 Å². The van der Waals surface area contributed by atoms with Gasteiger partial charge >= 0.3 is 0 Å². The van der Waals surface area contributed by atoms with Gasteiger partial charge in [-0.25, -0.2) is 0 Å². The van der Waals surface area contributed by atoms with Crippen molar-refractivity contribution in [2.75, 3.05) is 0 Å². The Morgan fingerprint density at radius 2 is 1.82 bits per heavy atom. The fraction of sp³-hybridized carbons (Fsp3) is 0.0833. The first-order valence-corrected chi connectivity index (χ1v) is 5.55. The Balaban J connectivity index is 2.27. The molecule has 0 saturated carbocycles. The predicted octanol–water partition coefficient (Wildman–Crippen LogP) is 2.75. The fourth-order valence-electron chi connectivity index (χ4n) is 1.70. The zero-order chi connectivity index (χ0) is 11.8. The number of fused-ring (bicyclic) bond motifs is 1. The van der Waals surface area contributed by atoms with Crippen LogP contribution < -0.4 is 0 Å². The molecule has 0 N–H and O–H groups in total. The quantitative estimate of drug-likeness (QED) is 0.661. The topological polar surface area (TPSA) is 43.1 Å². The zero-order valence-corrected chi connectivity index (χ0v) is 9.89. The molecule has 0 bridgehead atoms. The molecule has 0 amide bonds. The van der Waals surface area contributed by atoms with Crippen LogP contribution in [0.25, 0.3) is 17.0 Å². The minimum absolute atomic E-state index is 0.503. The first-order chi connectivity index (χ1) is 8.25. The smallest absolute Gasteiger partial charge is 0.180 e. The van der Waals surface area contributed by atoms with Gasteiger partial charge < -0.3 is 0 Å². The highest BCUT2D eigenvalue weighted by atomic mass is 35.5. The van der Waals surface area contributed by atoms with Gasteiger partial charge in [-0.2, -0.15) is 0 Å². The molecule has 0 atom stereocenters. The Bertz CT molecular complexity index is 673. The number of aromatic nitrogens is 4. The first kappa shape index (κ1) is 10.2. The lowest BCUT2D eigenvalue weighted by Gasteiger charge is -2.01. The first-order valence-electron chi connectivity index (χ1n) is 5.17. The number of halogens is 1. The second-order valence-electron chi connectivity index (χ2n) is 3.81. The van der Waals surface area contributed by atoms with Crippen LogP contribution in [-0.2, 0) is 0 Å². The SMILES string of the molecule is Cc1ccc(-c2nnc3cncc(Cl)n23)cc1. The molecule has 1 aromatic carbocycles. The molecule has 2 aromatic heterocycles. The number of benzene rings is 1. The van der Waals surface area contributed by atoms with E-state index in [1.54, 1.807) is 16.8 Å². The molecule has 2 heterocycles. The van der Waals surface area contributed by atoms with E-state index in [1.165, 1.54) is 5.56 Å². The highest BCUT2D eigenvalue weighted by Gasteiger charge is 2.10. The Morgan fingerprint density at radius 3 is 2.59 bits per heavy atom. The maximum absolute atomic E-state index is 6.11. The van der Waals surface area contributed by atoms with E-state index in [0.717, 1.165) is 11.4 Å². The summed E-state index contributed by atoms with van der Waals surface area (Å²) in [5.41, 5.74) is 2.83. The molecular formula is C12H9ClN4. The molecule has 17 heavy (non-hydrogen) atoms. The van der Waals surface area contributed by atoms with Gasteiger partial charge in [0.25, 0.3) is 0 Å². The number of hydrogen-bond donors (Lipinski definition) is 0. The number of nitrogens with zero attached hydrogens (tertiary/aromatic N) is 4. The van der Waals surface area contributed by atoms with Crippen LogP contribution in [0.3, 0.4) is 0 Å². The summed E-state index contributed by atoms with van der Waals surface area (Å²) in [5.74, 6) is 0.729. The van der Waals surface area contributed by atoms with Crippen LogP contribution in [-0.4, -0.2) is 19.6 Å². The van der Waals surface area contributed by atoms with Gasteiger partial charge in [-0.3, -0.25) is 9.38 Å². The summed E-state index contributed by atoms with van der Waals surface area (Å²) in [5, 5.41) is 8.69. The number of aryl methyl sites for hydroxylation is 1. The van der Waals surface area contributed by atoms with Gasteiger partial charge in [0.1, 0.15) is 5.15 Å². The maximum atomic E-state index is 6.11. The standard InChI is InChI=1S/C12H9ClN4/c1-8-2-4-9(5-3-8)12-16-15-11-7-14-6-10(13)17(11)12/h2-7H,1H3. The van der Waals surface area contributed by atoms with E-state index in [2.05, 4.69) is 15.2 Å². The fourth-order valence-corrected chi connectivity index (χ4v) is 1.93. The molecular weight excluding hydrogens is 236 g/mol. The van der Waals surface area contributed by atoms with Crippen LogP contribution in [0.15, 0.2) is 36.7 Å². The Labute approximate surface area is 103 Å². The average molecular weight is 245 g/mol. The van der Waals surface area contributed by atoms with Gasteiger partial charge in [0.15, 0.2) is 11.5 Å². The lowest BCUT2D eigenvalue weighted by Crippen LogP contribution is -1.92. The van der Waals surface area contributed by atoms with Gasteiger partial charge in [-0.15, -0.1) is 10.2 Å². The summed E-state index contributed by atoms with van der Waals surface area (Å²) in [4.78, 5) is 3.98. The van der Waals surface area contributed by atoms with Crippen LogP contribution in [0.4, 0.5) is 0 Å². The monoisotopic (exact) mass is 244 g/mol. The number of hydrogen-bond acceptors (Lipinski definition) is 3. The molecule has 0 saturated heterocycles. The molecule has 5 heteroatoms. The Kier molecular flexibility index (Phi) is 2.30. The third kappa shape index (κ3) is 1.66. The van der Waals surface area contributed by atoms with Crippen molar-refractivity contribution >= 4 is 17.2 Å². The minimum atomic E-state index is 0.503. The van der Waals surface area contributed by atoms with Crippen molar-refractivity contribution in [1.82, 2.24) is 19.6 Å². The van der Waals surface area contributed by atoms with Gasteiger partial charge in [0.05, 0.1) is 12.4 Å². The Morgan fingerprint density at radius 1 is 1.06 bits per heavy atom. The molecule has 4 nitrogen and oxygen atoms in total. The Hall–Kier alpha value is -1.94. The molecule has 0 radical (unpaired) electrons. The summed E-state index contributed by atoms with van der Waals surface area (Å²) < 4.78 is 1.78. The summed E-state index contributed by atoms with van der Waals surface area (Å²) in [7, 11) is 0. The van der Waals surface area contributed by atoms with Crippen LogP contribution in [0.1, 0.15) is 5.56 Å². The van der Waals surface area contributed by atoms with E-state index in [1.807, 2.05) is 31.2 Å². The van der Waals surface area contributed by atoms with E-state index in [-0.39, 0.29) is 0 Å². The molecule has 0 aliphatic carbocycles. The third-order valence-corrected chi connectivity index (χ3v) is 2.85. The van der Waals surface area contributed by atoms with Crippen LogP contribution in [0.2, 0.25) is 5.15 Å². The molecule has 3 aromatic rings. The average Bonchev–Trinajstić information content (AvgIpc) is 2.75. The summed E-state index contributed by atoms with van der Waals surface area (Å²) in [6, 6.07) is 8.07. The summed E-state index contributed by atoms with van der Waals surface area (Å²) >= 11 is 6.11. The predicted molar refractivity (Wildman–Crippen MR) is 66.0 cm³/mol. The highest BCUT2D eigenvalue weighted by molar-refractivity contribution is 6.29. The summed E-state index contributed by atoms with van der Waals surface area (Å²) in [6.07, 6.45) is 3.21. The largest absolute Gasteiger partial charge is 0.262 e. The van der Waals surface area contributed by atoms with E-state index in [0.29, 0.717) is 10.8 Å². The second-order valence-corrected chi connectivity index (χ2v) is 4.20. The van der Waals surface area contributed by atoms with Crippen LogP contribution in [0, 0.1) is 6.92 Å². The van der Waals surface area contributed by atoms with Crippen molar-refractivity contribution in [3.63, 3.8) is 0 Å². The van der Waals surface area contributed by atoms with Crippen molar-refractivity contribution in [2.24, 2.45) is 0 Å². The number of rotatable bonds is 1. The van der Waals surface area contributed by atoms with Crippen molar-refractivity contribution in [2.45, 2.75) is 6.92 Å². The van der Waals surface area contributed by atoms with Crippen molar-refractivity contribution < 1.29 is 0 Å². The van der Waals surface area contributed by atoms with Crippen molar-refractivity contribution in [3.05, 3.63) is 47.4 Å². The van der Waals surface area contributed by atoms with Crippen LogP contribution >= 0.6 is 11.6 Å². The lowest BCUT2D eigenvalue weighted by atomic mass is 10.1. The molecule has 0 aliphatic rings. The van der Waals surface area contributed by atoms with E-state index in [4.69, 9.17) is 11.6 Å². The van der Waals surface area contributed by atoms with E-state index >= 15 is 0 Å². The van der Waals surface area contributed by atoms with E-state index < -0.39 is 0 Å². The second kappa shape index (κ2) is 3.82. The lowest BCUT2D eigenvalue weighted by molar-refractivity contribution is 1.11. The molecule has 0 fully saturated rings. The molecule has 0 spiro atoms. The molecule has 3 rings (SSSR count). The zero-order valence-electron chi connectivity index (χ0n) is 9.13. The van der Waals surface area contributed by atoms with Gasteiger partial charge in [0.2, 0.25) is 0 Å². The normalized spacial score (nSPS) is 10.9. The van der Waals surface area contributed by atoms with Crippen LogP contribution in [0.5, 0.6) is 0 Å². The maximum Gasteiger partial charge on any atom is 0.180 e. The van der Waals surface area contributed by atoms with Crippen molar-refractivity contribution in [1.29, 1.82) is 0 Å². The highest BCUT2D eigenvalue weighted by Crippen LogP contribution is 2.21. The third-order valence-electron chi connectivity index (χ3n) is 2.58. The summed E-state index contributed by atoms with van der Waals surface area (Å²) in [6.45, 7) is 2.04. The minimum Gasteiger partial charge on any atom is -0.262 e. The molecule has 0 unspecified atom stereocenters. The molecule has 0 aliphatic heterocycles. The van der Waals surface area contributed by atoms with Gasteiger partial charge in [-0.05, 0) is 6.92 Å². The molecule has 84 valence electrons.